The Kier molecular flexibility index (Phi) is 7.45. The van der Waals surface area contributed by atoms with Crippen LogP contribution >= 0.6 is 0 Å². The molecule has 0 radical (unpaired) electrons. The van der Waals surface area contributed by atoms with E-state index in [0.29, 0.717) is 17.1 Å². The molecule has 9 heteroatoms. The first-order valence-electron chi connectivity index (χ1n) is 9.73. The van der Waals surface area contributed by atoms with E-state index in [2.05, 4.69) is 5.10 Å². The zero-order chi connectivity index (χ0) is 23.8. The van der Waals surface area contributed by atoms with Crippen molar-refractivity contribution in [2.24, 2.45) is 5.10 Å². The van der Waals surface area contributed by atoms with Crippen molar-refractivity contribution in [1.82, 2.24) is 0 Å². The summed E-state index contributed by atoms with van der Waals surface area (Å²) in [5.74, 6) is -0.578. The maximum atomic E-state index is 13.1. The van der Waals surface area contributed by atoms with Crippen molar-refractivity contribution in [2.75, 3.05) is 11.6 Å². The lowest BCUT2D eigenvalue weighted by molar-refractivity contribution is -0.142. The summed E-state index contributed by atoms with van der Waals surface area (Å²) in [6.07, 6.45) is -0.834. The van der Waals surface area contributed by atoms with Gasteiger partial charge in [-0.1, -0.05) is 36.4 Å². The maximum Gasteiger partial charge on any atom is 0.416 e. The van der Waals surface area contributed by atoms with Crippen LogP contribution in [-0.4, -0.2) is 24.7 Å². The minimum atomic E-state index is -4.60. The molecular weight excluding hydrogens is 437 g/mol. The fourth-order valence-corrected chi connectivity index (χ4v) is 2.69. The Morgan fingerprint density at radius 1 is 1.06 bits per heavy atom. The molecule has 0 N–H and O–H groups in total. The van der Waals surface area contributed by atoms with Crippen molar-refractivity contribution in [3.63, 3.8) is 0 Å². The average Bonchev–Trinajstić information content (AvgIpc) is 3.22. The van der Waals surface area contributed by atoms with Crippen molar-refractivity contribution in [2.45, 2.75) is 13.1 Å². The molecule has 0 aliphatic heterocycles. The highest BCUT2D eigenvalue weighted by atomic mass is 19.4. The number of hydrogen-bond acceptors (Lipinski definition) is 5. The third-order valence-electron chi connectivity index (χ3n) is 4.26. The Morgan fingerprint density at radius 3 is 2.48 bits per heavy atom. The van der Waals surface area contributed by atoms with Crippen molar-refractivity contribution in [1.29, 1.82) is 0 Å². The molecule has 0 spiro atoms. The standard InChI is InChI=1S/C24H19F3N2O4/c1-17-10-11-21(33-17)12-13-23(31)32-16-22(30)29(28-15-18-6-3-2-4-7-18)20-9-5-8-19(14-20)24(25,26)27/h2-15H,16H2,1H3/b13-12+,28-15-. The number of benzene rings is 2. The van der Waals surface area contributed by atoms with Gasteiger partial charge in [-0.15, -0.1) is 0 Å². The van der Waals surface area contributed by atoms with Gasteiger partial charge in [0.2, 0.25) is 0 Å². The van der Waals surface area contributed by atoms with E-state index >= 15 is 0 Å². The molecule has 0 saturated heterocycles. The van der Waals surface area contributed by atoms with E-state index in [0.717, 1.165) is 29.3 Å². The lowest BCUT2D eigenvalue weighted by atomic mass is 10.2. The smallest absolute Gasteiger partial charge is 0.416 e. The molecule has 2 aromatic carbocycles. The lowest BCUT2D eigenvalue weighted by Crippen LogP contribution is -2.30. The van der Waals surface area contributed by atoms with Gasteiger partial charge in [0.05, 0.1) is 17.5 Å². The van der Waals surface area contributed by atoms with Crippen LogP contribution in [0.15, 0.2) is 82.3 Å². The van der Waals surface area contributed by atoms with Gasteiger partial charge in [0, 0.05) is 6.08 Å². The van der Waals surface area contributed by atoms with Gasteiger partial charge in [-0.3, -0.25) is 4.79 Å². The molecule has 170 valence electrons. The molecular formula is C24H19F3N2O4. The highest BCUT2D eigenvalue weighted by Gasteiger charge is 2.31. The van der Waals surface area contributed by atoms with Crippen LogP contribution in [-0.2, 0) is 20.5 Å². The fourth-order valence-electron chi connectivity index (χ4n) is 2.69. The van der Waals surface area contributed by atoms with Crippen LogP contribution in [0, 0.1) is 6.92 Å². The molecule has 0 saturated carbocycles. The van der Waals surface area contributed by atoms with Gasteiger partial charge in [-0.2, -0.15) is 23.3 Å². The number of halogens is 3. The number of carbonyl (C=O) groups is 2. The number of carbonyl (C=O) groups excluding carboxylic acids is 2. The third kappa shape index (κ3) is 6.93. The predicted molar refractivity (Wildman–Crippen MR) is 116 cm³/mol. The normalized spacial score (nSPS) is 11.8. The van der Waals surface area contributed by atoms with E-state index < -0.39 is 30.2 Å². The third-order valence-corrected chi connectivity index (χ3v) is 4.26. The predicted octanol–water partition coefficient (Wildman–Crippen LogP) is 5.23. The van der Waals surface area contributed by atoms with Gasteiger partial charge in [-0.05, 0) is 48.9 Å². The van der Waals surface area contributed by atoms with Gasteiger partial charge < -0.3 is 9.15 Å². The van der Waals surface area contributed by atoms with Gasteiger partial charge in [-0.25, -0.2) is 4.79 Å². The van der Waals surface area contributed by atoms with E-state index in [1.54, 1.807) is 49.4 Å². The van der Waals surface area contributed by atoms with E-state index in [9.17, 15) is 22.8 Å². The van der Waals surface area contributed by atoms with Crippen molar-refractivity contribution < 1.29 is 31.9 Å². The summed E-state index contributed by atoms with van der Waals surface area (Å²) in [7, 11) is 0. The largest absolute Gasteiger partial charge is 0.462 e. The second-order valence-corrected chi connectivity index (χ2v) is 6.80. The topological polar surface area (TPSA) is 72.1 Å². The van der Waals surface area contributed by atoms with Gasteiger partial charge in [0.1, 0.15) is 11.5 Å². The summed E-state index contributed by atoms with van der Waals surface area (Å²) in [6.45, 7) is 1.01. The quantitative estimate of drug-likeness (QED) is 0.211. The van der Waals surface area contributed by atoms with E-state index in [1.807, 2.05) is 0 Å². The zero-order valence-electron chi connectivity index (χ0n) is 17.5. The van der Waals surface area contributed by atoms with Crippen LogP contribution in [0.3, 0.4) is 0 Å². The minimum absolute atomic E-state index is 0.125. The number of esters is 1. The Labute approximate surface area is 187 Å². The average molecular weight is 456 g/mol. The van der Waals surface area contributed by atoms with Crippen LogP contribution in [0.25, 0.3) is 6.08 Å². The first-order valence-corrected chi connectivity index (χ1v) is 9.73. The van der Waals surface area contributed by atoms with E-state index in [4.69, 9.17) is 9.15 Å². The molecule has 0 atom stereocenters. The molecule has 1 amide bonds. The van der Waals surface area contributed by atoms with Gasteiger partial charge >= 0.3 is 12.1 Å². The number of nitrogens with zero attached hydrogens (tertiary/aromatic N) is 2. The summed E-state index contributed by atoms with van der Waals surface area (Å²) >= 11 is 0. The molecule has 0 bridgehead atoms. The van der Waals surface area contributed by atoms with Crippen LogP contribution in [0.4, 0.5) is 18.9 Å². The van der Waals surface area contributed by atoms with Crippen molar-refractivity contribution >= 4 is 29.9 Å². The number of hydrazone groups is 1. The second-order valence-electron chi connectivity index (χ2n) is 6.80. The first-order chi connectivity index (χ1) is 15.7. The fraction of sp³-hybridized carbons (Fsp3) is 0.125. The molecule has 6 nitrogen and oxygen atoms in total. The molecule has 0 fully saturated rings. The van der Waals surface area contributed by atoms with E-state index in [1.165, 1.54) is 18.4 Å². The molecule has 0 aliphatic carbocycles. The van der Waals surface area contributed by atoms with Crippen molar-refractivity contribution in [3.8, 4) is 0 Å². The number of rotatable bonds is 7. The number of amides is 1. The summed E-state index contributed by atoms with van der Waals surface area (Å²) in [6, 6.07) is 16.2. The maximum absolute atomic E-state index is 13.1. The molecule has 1 aromatic heterocycles. The number of furan rings is 1. The monoisotopic (exact) mass is 456 g/mol. The Hall–Kier alpha value is -4.14. The summed E-state index contributed by atoms with van der Waals surface area (Å²) in [5.41, 5.74) is -0.447. The summed E-state index contributed by atoms with van der Waals surface area (Å²) in [4.78, 5) is 24.7. The molecule has 0 unspecified atom stereocenters. The first kappa shape index (κ1) is 23.5. The molecule has 3 rings (SSSR count). The van der Waals surface area contributed by atoms with Crippen LogP contribution < -0.4 is 5.01 Å². The molecule has 3 aromatic rings. The second kappa shape index (κ2) is 10.4. The minimum Gasteiger partial charge on any atom is -0.462 e. The van der Waals surface area contributed by atoms with Crippen LogP contribution in [0.1, 0.15) is 22.6 Å². The lowest BCUT2D eigenvalue weighted by Gasteiger charge is -2.18. The number of hydrogen-bond donors (Lipinski definition) is 0. The SMILES string of the molecule is Cc1ccc(/C=C/C(=O)OCC(=O)N(/N=C\c2ccccc2)c2cccc(C(F)(F)F)c2)o1. The van der Waals surface area contributed by atoms with Crippen LogP contribution in [0.2, 0.25) is 0 Å². The molecule has 0 aliphatic rings. The molecule has 1 heterocycles. The Morgan fingerprint density at radius 2 is 1.82 bits per heavy atom. The number of anilines is 1. The van der Waals surface area contributed by atoms with Crippen molar-refractivity contribution in [3.05, 3.63) is 95.5 Å². The Bertz CT molecular complexity index is 1170. The number of ether oxygens (including phenoxy) is 1. The Balaban J connectivity index is 1.77. The van der Waals surface area contributed by atoms with Gasteiger partial charge in [0.15, 0.2) is 6.61 Å². The summed E-state index contributed by atoms with van der Waals surface area (Å²) in [5, 5.41) is 4.79. The molecule has 33 heavy (non-hydrogen) atoms. The highest BCUT2D eigenvalue weighted by molar-refractivity contribution is 5.97. The zero-order valence-corrected chi connectivity index (χ0v) is 17.5. The van der Waals surface area contributed by atoms with Crippen LogP contribution in [0.5, 0.6) is 0 Å². The number of alkyl halides is 3. The number of aryl methyl sites for hydroxylation is 1. The van der Waals surface area contributed by atoms with E-state index in [-0.39, 0.29) is 5.69 Å². The van der Waals surface area contributed by atoms with Gasteiger partial charge in [0.25, 0.3) is 5.91 Å². The highest BCUT2D eigenvalue weighted by Crippen LogP contribution is 2.31. The summed E-state index contributed by atoms with van der Waals surface area (Å²) < 4.78 is 49.6.